The van der Waals surface area contributed by atoms with Gasteiger partial charge in [0, 0.05) is 6.61 Å². The minimum Gasteiger partial charge on any atom is -0.377 e. The van der Waals surface area contributed by atoms with Crippen LogP contribution >= 0.6 is 0 Å². The number of carbonyl (C=O) groups excluding carboxylic acids is 1. The Morgan fingerprint density at radius 3 is 3.17 bits per heavy atom. The maximum Gasteiger partial charge on any atom is 0.242 e. The zero-order chi connectivity index (χ0) is 8.60. The average molecular weight is 170 g/mol. The third-order valence-corrected chi connectivity index (χ3v) is 3.16. The summed E-state index contributed by atoms with van der Waals surface area (Å²) in [5.41, 5.74) is 1.97. The van der Waals surface area contributed by atoms with Gasteiger partial charge >= 0.3 is 0 Å². The summed E-state index contributed by atoms with van der Waals surface area (Å²) in [6, 6.07) is 0. The van der Waals surface area contributed by atoms with Gasteiger partial charge in [-0.3, -0.25) is 10.2 Å². The molecule has 4 heteroatoms. The number of carbonyl (C=O) groups is 1. The number of hydrazine groups is 1. The maximum absolute atomic E-state index is 11.5. The van der Waals surface area contributed by atoms with E-state index in [1.54, 1.807) is 0 Å². The molecule has 3 N–H and O–H groups in total. The van der Waals surface area contributed by atoms with E-state index >= 15 is 0 Å². The highest BCUT2D eigenvalue weighted by atomic mass is 16.5. The molecule has 0 radical (unpaired) electrons. The van der Waals surface area contributed by atoms with Crippen molar-refractivity contribution in [1.82, 2.24) is 5.43 Å². The van der Waals surface area contributed by atoms with Crippen molar-refractivity contribution in [3.05, 3.63) is 0 Å². The molecule has 4 nitrogen and oxygen atoms in total. The third kappa shape index (κ3) is 0.881. The first kappa shape index (κ1) is 8.01. The largest absolute Gasteiger partial charge is 0.377 e. The van der Waals surface area contributed by atoms with E-state index in [4.69, 9.17) is 10.6 Å². The van der Waals surface area contributed by atoms with Crippen molar-refractivity contribution in [3.63, 3.8) is 0 Å². The van der Waals surface area contributed by atoms with Gasteiger partial charge in [-0.15, -0.1) is 0 Å². The van der Waals surface area contributed by atoms with Crippen molar-refractivity contribution in [2.75, 3.05) is 6.61 Å². The molecule has 2 rings (SSSR count). The Morgan fingerprint density at radius 2 is 2.42 bits per heavy atom. The molecule has 0 bridgehead atoms. The number of rotatable bonds is 1. The quantitative estimate of drug-likeness (QED) is 0.329. The third-order valence-electron chi connectivity index (χ3n) is 3.16. The van der Waals surface area contributed by atoms with E-state index in [-0.39, 0.29) is 17.4 Å². The maximum atomic E-state index is 11.5. The Morgan fingerprint density at radius 1 is 1.58 bits per heavy atom. The zero-order valence-electron chi connectivity index (χ0n) is 7.01. The second-order valence-electron chi connectivity index (χ2n) is 3.63. The summed E-state index contributed by atoms with van der Waals surface area (Å²) in [4.78, 5) is 11.5. The number of fused-ring (bicyclic) bond motifs is 1. The van der Waals surface area contributed by atoms with Crippen LogP contribution in [-0.2, 0) is 9.53 Å². The summed E-state index contributed by atoms with van der Waals surface area (Å²) in [5.74, 6) is 5.11. The number of nitrogens with one attached hydrogen (secondary N) is 1. The van der Waals surface area contributed by atoms with Crippen molar-refractivity contribution in [2.45, 2.75) is 31.8 Å². The van der Waals surface area contributed by atoms with E-state index in [0.29, 0.717) is 6.61 Å². The minimum atomic E-state index is -0.283. The topological polar surface area (TPSA) is 64.3 Å². The molecule has 1 aliphatic carbocycles. The van der Waals surface area contributed by atoms with E-state index in [0.717, 1.165) is 25.7 Å². The summed E-state index contributed by atoms with van der Waals surface area (Å²) in [6.45, 7) is 0.706. The molecule has 1 heterocycles. The molecular weight excluding hydrogens is 156 g/mol. The lowest BCUT2D eigenvalue weighted by Crippen LogP contribution is -2.46. The molecule has 1 aliphatic heterocycles. The van der Waals surface area contributed by atoms with Crippen LogP contribution in [-0.4, -0.2) is 18.6 Å². The van der Waals surface area contributed by atoms with E-state index < -0.39 is 0 Å². The summed E-state index contributed by atoms with van der Waals surface area (Å²) < 4.78 is 5.49. The Bertz CT molecular complexity index is 195. The Balaban J connectivity index is 2.21. The molecule has 1 amide bonds. The van der Waals surface area contributed by atoms with Crippen molar-refractivity contribution in [1.29, 1.82) is 0 Å². The highest BCUT2D eigenvalue weighted by Gasteiger charge is 2.52. The van der Waals surface area contributed by atoms with E-state index in [1.165, 1.54) is 0 Å². The fourth-order valence-electron chi connectivity index (χ4n) is 2.47. The second kappa shape index (κ2) is 2.71. The summed E-state index contributed by atoms with van der Waals surface area (Å²) in [6.07, 6.45) is 3.98. The monoisotopic (exact) mass is 170 g/mol. The first-order chi connectivity index (χ1) is 5.79. The van der Waals surface area contributed by atoms with Crippen LogP contribution in [0.1, 0.15) is 25.7 Å². The Labute approximate surface area is 71.4 Å². The fraction of sp³-hybridized carbons (Fsp3) is 0.875. The smallest absolute Gasteiger partial charge is 0.242 e. The van der Waals surface area contributed by atoms with Gasteiger partial charge in [0.25, 0.3) is 0 Å². The SMILES string of the molecule is NNC(=O)C12CCC[C@@H]1OCC2. The van der Waals surface area contributed by atoms with Gasteiger partial charge < -0.3 is 4.74 Å². The van der Waals surface area contributed by atoms with E-state index in [1.807, 2.05) is 0 Å². The van der Waals surface area contributed by atoms with Gasteiger partial charge in [-0.05, 0) is 25.7 Å². The average Bonchev–Trinajstić information content (AvgIpc) is 2.60. The van der Waals surface area contributed by atoms with Gasteiger partial charge in [-0.2, -0.15) is 0 Å². The number of hydrogen-bond donors (Lipinski definition) is 2. The zero-order valence-corrected chi connectivity index (χ0v) is 7.01. The molecule has 12 heavy (non-hydrogen) atoms. The molecule has 1 saturated carbocycles. The summed E-state index contributed by atoms with van der Waals surface area (Å²) in [5, 5.41) is 0. The van der Waals surface area contributed by atoms with Crippen LogP contribution in [0.3, 0.4) is 0 Å². The van der Waals surface area contributed by atoms with Gasteiger partial charge in [0.05, 0.1) is 11.5 Å². The minimum absolute atomic E-state index is 0.0394. The lowest BCUT2D eigenvalue weighted by molar-refractivity contribution is -0.132. The fourth-order valence-corrected chi connectivity index (χ4v) is 2.47. The van der Waals surface area contributed by atoms with Crippen molar-refractivity contribution < 1.29 is 9.53 Å². The van der Waals surface area contributed by atoms with E-state index in [2.05, 4.69) is 5.43 Å². The predicted octanol–water partition coefficient (Wildman–Crippen LogP) is -0.0645. The van der Waals surface area contributed by atoms with E-state index in [9.17, 15) is 4.79 Å². The standard InChI is InChI=1S/C8H14N2O2/c9-10-7(11)8-3-1-2-6(8)12-5-4-8/h6H,1-5,9H2,(H,10,11)/t6-,8?/m0/s1. The summed E-state index contributed by atoms with van der Waals surface area (Å²) >= 11 is 0. The first-order valence-corrected chi connectivity index (χ1v) is 4.42. The lowest BCUT2D eigenvalue weighted by Gasteiger charge is -2.24. The molecule has 1 unspecified atom stereocenters. The highest BCUT2D eigenvalue weighted by molar-refractivity contribution is 5.83. The van der Waals surface area contributed by atoms with Crippen LogP contribution < -0.4 is 11.3 Å². The van der Waals surface area contributed by atoms with Crippen LogP contribution in [0.4, 0.5) is 0 Å². The molecule has 2 atom stereocenters. The molecule has 0 aromatic carbocycles. The predicted molar refractivity (Wildman–Crippen MR) is 43.0 cm³/mol. The normalized spacial score (nSPS) is 39.6. The molecular formula is C8H14N2O2. The first-order valence-electron chi connectivity index (χ1n) is 4.42. The molecule has 2 aliphatic rings. The van der Waals surface area contributed by atoms with Crippen molar-refractivity contribution in [3.8, 4) is 0 Å². The molecule has 68 valence electrons. The van der Waals surface area contributed by atoms with Crippen molar-refractivity contribution in [2.24, 2.45) is 11.3 Å². The van der Waals surface area contributed by atoms with Gasteiger partial charge in [0.1, 0.15) is 0 Å². The van der Waals surface area contributed by atoms with Gasteiger partial charge in [0.15, 0.2) is 0 Å². The Hall–Kier alpha value is -0.610. The number of ether oxygens (including phenoxy) is 1. The number of hydrogen-bond acceptors (Lipinski definition) is 3. The Kier molecular flexibility index (Phi) is 1.81. The van der Waals surface area contributed by atoms with Crippen LogP contribution in [0.15, 0.2) is 0 Å². The second-order valence-corrected chi connectivity index (χ2v) is 3.63. The highest BCUT2D eigenvalue weighted by Crippen LogP contribution is 2.47. The van der Waals surface area contributed by atoms with Crippen LogP contribution in [0, 0.1) is 5.41 Å². The van der Waals surface area contributed by atoms with Gasteiger partial charge in [0.2, 0.25) is 5.91 Å². The summed E-state index contributed by atoms with van der Waals surface area (Å²) in [7, 11) is 0. The molecule has 1 saturated heterocycles. The number of amides is 1. The van der Waals surface area contributed by atoms with Crippen molar-refractivity contribution >= 4 is 5.91 Å². The molecule has 2 fully saturated rings. The van der Waals surface area contributed by atoms with Crippen LogP contribution in [0.25, 0.3) is 0 Å². The number of nitrogens with two attached hydrogens (primary N) is 1. The molecule has 0 aromatic rings. The molecule has 0 aromatic heterocycles. The lowest BCUT2D eigenvalue weighted by atomic mass is 9.82. The van der Waals surface area contributed by atoms with Gasteiger partial charge in [-0.1, -0.05) is 0 Å². The van der Waals surface area contributed by atoms with Gasteiger partial charge in [-0.25, -0.2) is 5.84 Å². The van der Waals surface area contributed by atoms with Crippen LogP contribution in [0.2, 0.25) is 0 Å². The molecule has 0 spiro atoms. The van der Waals surface area contributed by atoms with Crippen LogP contribution in [0.5, 0.6) is 0 Å².